The second-order valence-electron chi connectivity index (χ2n) is 5.29. The maximum Gasteiger partial charge on any atom is 0.326 e. The van der Waals surface area contributed by atoms with Crippen LogP contribution in [-0.4, -0.2) is 16.2 Å². The van der Waals surface area contributed by atoms with Gasteiger partial charge >= 0.3 is 6.03 Å². The van der Waals surface area contributed by atoms with E-state index in [1.54, 1.807) is 18.5 Å². The van der Waals surface area contributed by atoms with Gasteiger partial charge in [-0.2, -0.15) is 0 Å². The lowest BCUT2D eigenvalue weighted by atomic mass is 10.1. The molecule has 0 atom stereocenters. The number of nitrogens with one attached hydrogen (secondary N) is 2. The number of rotatable bonds is 4. The Hall–Kier alpha value is -2.67. The molecule has 0 unspecified atom stereocenters. The van der Waals surface area contributed by atoms with Gasteiger partial charge in [0.1, 0.15) is 0 Å². The normalized spacial score (nSPS) is 10.7. The molecule has 0 aliphatic carbocycles. The van der Waals surface area contributed by atoms with Crippen LogP contribution in [-0.2, 0) is 0 Å². The van der Waals surface area contributed by atoms with Crippen LogP contribution in [0.5, 0.6) is 0 Å². The number of carbonyl (C=O) groups is 1. The molecule has 0 aliphatic heterocycles. The van der Waals surface area contributed by atoms with E-state index in [1.165, 1.54) is 11.3 Å². The molecule has 2 amide bonds. The van der Waals surface area contributed by atoms with Crippen molar-refractivity contribution in [3.05, 3.63) is 47.7 Å². The van der Waals surface area contributed by atoms with Crippen molar-refractivity contribution in [1.82, 2.24) is 10.1 Å². The van der Waals surface area contributed by atoms with Crippen molar-refractivity contribution in [1.29, 1.82) is 0 Å². The summed E-state index contributed by atoms with van der Waals surface area (Å²) in [7, 11) is 0. The number of pyridine rings is 1. The van der Waals surface area contributed by atoms with E-state index in [0.717, 1.165) is 21.8 Å². The van der Waals surface area contributed by atoms with E-state index in [-0.39, 0.29) is 11.9 Å². The van der Waals surface area contributed by atoms with E-state index in [0.29, 0.717) is 5.88 Å². The molecule has 0 fully saturated rings. The fourth-order valence-electron chi connectivity index (χ4n) is 1.97. The van der Waals surface area contributed by atoms with Gasteiger partial charge in [-0.15, -0.1) is 11.3 Å². The Morgan fingerprint density at radius 3 is 2.65 bits per heavy atom. The van der Waals surface area contributed by atoms with Crippen LogP contribution >= 0.6 is 11.3 Å². The van der Waals surface area contributed by atoms with Crippen LogP contribution in [0.1, 0.15) is 25.5 Å². The highest BCUT2D eigenvalue weighted by Gasteiger charge is 2.11. The van der Waals surface area contributed by atoms with Gasteiger partial charge in [-0.3, -0.25) is 15.6 Å². The van der Waals surface area contributed by atoms with Crippen LogP contribution in [0.2, 0.25) is 0 Å². The van der Waals surface area contributed by atoms with Crippen molar-refractivity contribution in [2.24, 2.45) is 0 Å². The Bertz CT molecular complexity index is 795. The molecule has 0 saturated carbocycles. The predicted molar refractivity (Wildman–Crippen MR) is 90.8 cm³/mol. The first-order valence-corrected chi connectivity index (χ1v) is 8.03. The number of hydrogen-bond donors (Lipinski definition) is 2. The number of carbonyl (C=O) groups excluding carboxylic acids is 1. The Labute approximate surface area is 137 Å². The highest BCUT2D eigenvalue weighted by molar-refractivity contribution is 7.14. The summed E-state index contributed by atoms with van der Waals surface area (Å²) in [5.74, 6) is 0.578. The summed E-state index contributed by atoms with van der Waals surface area (Å²) in [5.41, 5.74) is 2.90. The Morgan fingerprint density at radius 2 is 1.96 bits per heavy atom. The molecular formula is C16H16N4O2S. The molecule has 3 aromatic heterocycles. The van der Waals surface area contributed by atoms with Gasteiger partial charge in [-0.25, -0.2) is 4.79 Å². The van der Waals surface area contributed by atoms with Crippen molar-refractivity contribution >= 4 is 28.3 Å². The van der Waals surface area contributed by atoms with E-state index < -0.39 is 0 Å². The van der Waals surface area contributed by atoms with Gasteiger partial charge in [-0.05, 0) is 35.2 Å². The quantitative estimate of drug-likeness (QED) is 0.735. The van der Waals surface area contributed by atoms with E-state index >= 15 is 0 Å². The molecule has 3 aromatic rings. The molecule has 3 heterocycles. The number of nitrogens with zero attached hydrogens (tertiary/aromatic N) is 2. The lowest BCUT2D eigenvalue weighted by molar-refractivity contribution is 0.261. The average molecular weight is 328 g/mol. The third-order valence-corrected chi connectivity index (χ3v) is 4.05. The Kier molecular flexibility index (Phi) is 4.38. The third-order valence-electron chi connectivity index (χ3n) is 3.21. The number of amides is 2. The molecule has 0 aliphatic rings. The first kappa shape index (κ1) is 15.2. The van der Waals surface area contributed by atoms with Crippen molar-refractivity contribution in [2.45, 2.75) is 19.8 Å². The fraction of sp³-hybridized carbons (Fsp3) is 0.188. The minimum atomic E-state index is -0.361. The van der Waals surface area contributed by atoms with Crippen LogP contribution < -0.4 is 10.6 Å². The lowest BCUT2D eigenvalue weighted by Crippen LogP contribution is -2.18. The second kappa shape index (κ2) is 6.62. The van der Waals surface area contributed by atoms with E-state index in [1.807, 2.05) is 37.4 Å². The predicted octanol–water partition coefficient (Wildman–Crippen LogP) is 4.57. The lowest BCUT2D eigenvalue weighted by Gasteiger charge is -2.01. The molecule has 0 spiro atoms. The zero-order chi connectivity index (χ0) is 16.2. The first-order valence-electron chi connectivity index (χ1n) is 7.15. The monoisotopic (exact) mass is 328 g/mol. The molecule has 7 heteroatoms. The maximum absolute atomic E-state index is 12.0. The summed E-state index contributed by atoms with van der Waals surface area (Å²) >= 11 is 1.45. The van der Waals surface area contributed by atoms with Gasteiger partial charge in [0.15, 0.2) is 0 Å². The van der Waals surface area contributed by atoms with Crippen LogP contribution in [0.4, 0.5) is 15.7 Å². The number of anilines is 2. The van der Waals surface area contributed by atoms with Crippen molar-refractivity contribution in [2.75, 3.05) is 10.6 Å². The maximum atomic E-state index is 12.0. The van der Waals surface area contributed by atoms with Crippen molar-refractivity contribution < 1.29 is 9.32 Å². The van der Waals surface area contributed by atoms with Gasteiger partial charge in [0.2, 0.25) is 5.88 Å². The minimum Gasteiger partial charge on any atom is -0.338 e. The standard InChI is InChI=1S/C16H16N4O2S/c1-10(2)13-8-14(22-20-13)18-16(21)19-15-7-12(9-23-15)11-3-5-17-6-4-11/h3-10H,1-2H3,(H2,18,19,21). The molecule has 0 bridgehead atoms. The van der Waals surface area contributed by atoms with Gasteiger partial charge in [0.25, 0.3) is 0 Å². The summed E-state index contributed by atoms with van der Waals surface area (Å²) in [4.78, 5) is 16.0. The number of aromatic nitrogens is 2. The van der Waals surface area contributed by atoms with Crippen molar-refractivity contribution in [3.63, 3.8) is 0 Å². The second-order valence-corrected chi connectivity index (χ2v) is 6.20. The largest absolute Gasteiger partial charge is 0.338 e. The van der Waals surface area contributed by atoms with Gasteiger partial charge in [-0.1, -0.05) is 19.0 Å². The van der Waals surface area contributed by atoms with E-state index in [2.05, 4.69) is 20.8 Å². The third kappa shape index (κ3) is 3.75. The molecule has 6 nitrogen and oxygen atoms in total. The fourth-order valence-corrected chi connectivity index (χ4v) is 2.78. The minimum absolute atomic E-state index is 0.248. The Balaban J connectivity index is 1.63. The van der Waals surface area contributed by atoms with Crippen LogP contribution in [0.3, 0.4) is 0 Å². The average Bonchev–Trinajstić information content (AvgIpc) is 3.18. The van der Waals surface area contributed by atoms with Crippen molar-refractivity contribution in [3.8, 4) is 11.1 Å². The van der Waals surface area contributed by atoms with Crippen LogP contribution in [0.25, 0.3) is 11.1 Å². The number of thiophene rings is 1. The smallest absolute Gasteiger partial charge is 0.326 e. The zero-order valence-electron chi connectivity index (χ0n) is 12.7. The summed E-state index contributed by atoms with van der Waals surface area (Å²) in [6, 6.07) is 7.13. The van der Waals surface area contributed by atoms with Crippen LogP contribution in [0, 0.1) is 0 Å². The van der Waals surface area contributed by atoms with E-state index in [4.69, 9.17) is 4.52 Å². The highest BCUT2D eigenvalue weighted by Crippen LogP contribution is 2.28. The molecular weight excluding hydrogens is 312 g/mol. The number of urea groups is 1. The molecule has 0 saturated heterocycles. The zero-order valence-corrected chi connectivity index (χ0v) is 13.6. The number of hydrogen-bond acceptors (Lipinski definition) is 5. The topological polar surface area (TPSA) is 80.0 Å². The van der Waals surface area contributed by atoms with E-state index in [9.17, 15) is 4.79 Å². The Morgan fingerprint density at radius 1 is 1.17 bits per heavy atom. The molecule has 23 heavy (non-hydrogen) atoms. The molecule has 3 rings (SSSR count). The summed E-state index contributed by atoms with van der Waals surface area (Å²) in [6.45, 7) is 4.02. The summed E-state index contributed by atoms with van der Waals surface area (Å²) < 4.78 is 5.08. The van der Waals surface area contributed by atoms with Gasteiger partial charge in [0.05, 0.1) is 10.7 Å². The van der Waals surface area contributed by atoms with Gasteiger partial charge < -0.3 is 4.52 Å². The molecule has 2 N–H and O–H groups in total. The van der Waals surface area contributed by atoms with Gasteiger partial charge in [0, 0.05) is 23.8 Å². The first-order chi connectivity index (χ1) is 11.1. The molecule has 0 radical (unpaired) electrons. The summed E-state index contributed by atoms with van der Waals surface area (Å²) in [6.07, 6.45) is 3.48. The van der Waals surface area contributed by atoms with Crippen LogP contribution in [0.15, 0.2) is 46.6 Å². The molecule has 118 valence electrons. The molecule has 0 aromatic carbocycles. The summed E-state index contributed by atoms with van der Waals surface area (Å²) in [5, 5.41) is 12.0. The SMILES string of the molecule is CC(C)c1cc(NC(=O)Nc2cc(-c3ccncc3)cs2)on1. The highest BCUT2D eigenvalue weighted by atomic mass is 32.1.